The number of ketones is 1. The summed E-state index contributed by atoms with van der Waals surface area (Å²) in [6.07, 6.45) is 2.80. The molecule has 9 nitrogen and oxygen atoms in total. The highest BCUT2D eigenvalue weighted by atomic mass is 79.9. The number of benzene rings is 2. The van der Waals surface area contributed by atoms with Crippen LogP contribution in [0.25, 0.3) is 5.69 Å². The quantitative estimate of drug-likeness (QED) is 0.336. The zero-order valence-electron chi connectivity index (χ0n) is 14.1. The summed E-state index contributed by atoms with van der Waals surface area (Å²) in [5.41, 5.74) is 0.422. The molecule has 3 aromatic rings. The zero-order valence-corrected chi connectivity index (χ0v) is 15.7. The van der Waals surface area contributed by atoms with Crippen LogP contribution in [0.2, 0.25) is 0 Å². The van der Waals surface area contributed by atoms with Crippen molar-refractivity contribution >= 4 is 33.4 Å². The smallest absolute Gasteiger partial charge is 0.341 e. The van der Waals surface area contributed by atoms with Crippen molar-refractivity contribution in [1.82, 2.24) is 9.78 Å². The number of hydrogen-bond donors (Lipinski definition) is 1. The van der Waals surface area contributed by atoms with Gasteiger partial charge >= 0.3 is 5.97 Å². The Hall–Kier alpha value is -3.53. The number of ether oxygens (including phenoxy) is 1. The highest BCUT2D eigenvalue weighted by Gasteiger charge is 2.21. The summed E-state index contributed by atoms with van der Waals surface area (Å²) in [7, 11) is 0. The van der Waals surface area contributed by atoms with E-state index in [1.165, 1.54) is 23.1 Å². The van der Waals surface area contributed by atoms with Gasteiger partial charge in [0.2, 0.25) is 0 Å². The van der Waals surface area contributed by atoms with Crippen LogP contribution >= 0.6 is 15.9 Å². The van der Waals surface area contributed by atoms with E-state index in [4.69, 9.17) is 9.84 Å². The summed E-state index contributed by atoms with van der Waals surface area (Å²) in [5.74, 6) is -1.88. The number of nitro groups is 1. The average molecular weight is 446 g/mol. The Bertz CT molecular complexity index is 1080. The minimum Gasteiger partial charge on any atom is -0.481 e. The van der Waals surface area contributed by atoms with Gasteiger partial charge in [0, 0.05) is 22.8 Å². The summed E-state index contributed by atoms with van der Waals surface area (Å²) >= 11 is 3.40. The fourth-order valence-corrected chi connectivity index (χ4v) is 2.91. The van der Waals surface area contributed by atoms with Crippen LogP contribution in [-0.2, 0) is 4.79 Å². The zero-order chi connectivity index (χ0) is 20.3. The first-order valence-corrected chi connectivity index (χ1v) is 8.63. The standard InChI is InChI=1S/C18H12BrN3O6/c19-14-3-1-2-4-15(14)21-9-11(8-20-21)18(25)13-7-12(22(26)27)5-6-16(13)28-10-17(23)24/h1-9H,10H2,(H,23,24). The monoisotopic (exact) mass is 445 g/mol. The molecule has 28 heavy (non-hydrogen) atoms. The summed E-state index contributed by atoms with van der Waals surface area (Å²) in [6.45, 7) is -0.686. The van der Waals surface area contributed by atoms with Gasteiger partial charge in [-0.3, -0.25) is 14.9 Å². The number of hydrogen-bond acceptors (Lipinski definition) is 6. The maximum absolute atomic E-state index is 12.9. The molecule has 0 saturated carbocycles. The number of rotatable bonds is 7. The molecule has 0 fully saturated rings. The lowest BCUT2D eigenvalue weighted by molar-refractivity contribution is -0.384. The predicted molar refractivity (Wildman–Crippen MR) is 101 cm³/mol. The Morgan fingerprint density at radius 3 is 2.68 bits per heavy atom. The number of aromatic nitrogens is 2. The van der Waals surface area contributed by atoms with Crippen LogP contribution in [0, 0.1) is 10.1 Å². The van der Waals surface area contributed by atoms with Crippen LogP contribution in [0.4, 0.5) is 5.69 Å². The van der Waals surface area contributed by atoms with Crippen LogP contribution in [0.1, 0.15) is 15.9 Å². The highest BCUT2D eigenvalue weighted by Crippen LogP contribution is 2.27. The first-order chi connectivity index (χ1) is 13.4. The van der Waals surface area contributed by atoms with Gasteiger partial charge in [-0.2, -0.15) is 5.10 Å². The van der Waals surface area contributed by atoms with Crippen LogP contribution in [-0.4, -0.2) is 38.2 Å². The highest BCUT2D eigenvalue weighted by molar-refractivity contribution is 9.10. The molecule has 0 unspecified atom stereocenters. The van der Waals surface area contributed by atoms with Crippen LogP contribution < -0.4 is 4.74 Å². The van der Waals surface area contributed by atoms with Crippen molar-refractivity contribution in [3.8, 4) is 11.4 Å². The molecule has 0 aliphatic carbocycles. The van der Waals surface area contributed by atoms with Gasteiger partial charge in [-0.05, 0) is 34.1 Å². The maximum Gasteiger partial charge on any atom is 0.341 e. The van der Waals surface area contributed by atoms with Crippen LogP contribution in [0.15, 0.2) is 59.3 Å². The molecule has 0 radical (unpaired) electrons. The molecular formula is C18H12BrN3O6. The molecule has 0 atom stereocenters. The molecule has 0 spiro atoms. The normalized spacial score (nSPS) is 10.5. The van der Waals surface area contributed by atoms with E-state index >= 15 is 0 Å². The number of nitro benzene ring substituents is 1. The number of non-ortho nitro benzene ring substituents is 1. The number of halogens is 1. The van der Waals surface area contributed by atoms with Gasteiger partial charge in [0.15, 0.2) is 12.4 Å². The van der Waals surface area contributed by atoms with E-state index in [-0.39, 0.29) is 22.6 Å². The van der Waals surface area contributed by atoms with Crippen molar-refractivity contribution < 1.29 is 24.4 Å². The van der Waals surface area contributed by atoms with Crippen LogP contribution in [0.3, 0.4) is 0 Å². The van der Waals surface area contributed by atoms with Crippen molar-refractivity contribution in [2.45, 2.75) is 0 Å². The van der Waals surface area contributed by atoms with Gasteiger partial charge in [-0.15, -0.1) is 0 Å². The molecule has 1 N–H and O–H groups in total. The molecule has 0 saturated heterocycles. The van der Waals surface area contributed by atoms with E-state index in [0.29, 0.717) is 5.69 Å². The summed E-state index contributed by atoms with van der Waals surface area (Å²) < 4.78 is 7.35. The number of aliphatic carboxylic acids is 1. The lowest BCUT2D eigenvalue weighted by Crippen LogP contribution is -2.12. The van der Waals surface area contributed by atoms with Crippen molar-refractivity contribution in [1.29, 1.82) is 0 Å². The molecule has 0 aliphatic rings. The minimum absolute atomic E-state index is 0.0633. The fourth-order valence-electron chi connectivity index (χ4n) is 2.44. The first kappa shape index (κ1) is 19.2. The molecule has 0 amide bonds. The third kappa shape index (κ3) is 4.07. The van der Waals surface area contributed by atoms with Gasteiger partial charge in [0.05, 0.1) is 27.9 Å². The Morgan fingerprint density at radius 1 is 1.25 bits per heavy atom. The maximum atomic E-state index is 12.9. The summed E-state index contributed by atoms with van der Waals surface area (Å²) in [5, 5.41) is 24.0. The van der Waals surface area contributed by atoms with Gasteiger partial charge in [0.1, 0.15) is 5.75 Å². The van der Waals surface area contributed by atoms with E-state index in [9.17, 15) is 19.7 Å². The number of carboxylic acids is 1. The van der Waals surface area contributed by atoms with E-state index < -0.39 is 23.3 Å². The Labute approximate surface area is 166 Å². The van der Waals surface area contributed by atoms with Gasteiger partial charge < -0.3 is 9.84 Å². The van der Waals surface area contributed by atoms with Crippen molar-refractivity contribution in [2.24, 2.45) is 0 Å². The van der Waals surface area contributed by atoms with E-state index in [2.05, 4.69) is 21.0 Å². The predicted octanol–water partition coefficient (Wildman–Crippen LogP) is 3.24. The van der Waals surface area contributed by atoms with Gasteiger partial charge in [0.25, 0.3) is 5.69 Å². The number of carbonyl (C=O) groups excluding carboxylic acids is 1. The SMILES string of the molecule is O=C(O)COc1ccc([N+](=O)[O-])cc1C(=O)c1cnn(-c2ccccc2Br)c1. The first-order valence-electron chi connectivity index (χ1n) is 7.84. The molecular weight excluding hydrogens is 434 g/mol. The number of carbonyl (C=O) groups is 2. The third-order valence-corrected chi connectivity index (χ3v) is 4.38. The Morgan fingerprint density at radius 2 is 2.00 bits per heavy atom. The second kappa shape index (κ2) is 8.01. The number of carboxylic acid groups (broad SMARTS) is 1. The lowest BCUT2D eigenvalue weighted by atomic mass is 10.0. The van der Waals surface area contributed by atoms with Crippen LogP contribution in [0.5, 0.6) is 5.75 Å². The lowest BCUT2D eigenvalue weighted by Gasteiger charge is -2.08. The third-order valence-electron chi connectivity index (χ3n) is 3.71. The van der Waals surface area contributed by atoms with Gasteiger partial charge in [-0.1, -0.05) is 12.1 Å². The largest absolute Gasteiger partial charge is 0.481 e. The second-order valence-electron chi connectivity index (χ2n) is 5.57. The minimum atomic E-state index is -1.24. The molecule has 0 bridgehead atoms. The Balaban J connectivity index is 1.99. The van der Waals surface area contributed by atoms with Gasteiger partial charge in [-0.25, -0.2) is 9.48 Å². The molecule has 10 heteroatoms. The van der Waals surface area contributed by atoms with Crippen molar-refractivity contribution in [3.05, 3.63) is 80.6 Å². The van der Waals surface area contributed by atoms with Crippen molar-refractivity contribution in [2.75, 3.05) is 6.61 Å². The molecule has 3 rings (SSSR count). The topological polar surface area (TPSA) is 125 Å². The van der Waals surface area contributed by atoms with E-state index in [1.807, 2.05) is 18.2 Å². The second-order valence-corrected chi connectivity index (χ2v) is 6.43. The average Bonchev–Trinajstić information content (AvgIpc) is 3.15. The number of nitrogens with zero attached hydrogens (tertiary/aromatic N) is 3. The molecule has 2 aromatic carbocycles. The summed E-state index contributed by atoms with van der Waals surface area (Å²) in [4.78, 5) is 34.1. The molecule has 1 heterocycles. The molecule has 0 aliphatic heterocycles. The van der Waals surface area contributed by atoms with E-state index in [1.54, 1.807) is 6.07 Å². The Kier molecular flexibility index (Phi) is 5.50. The summed E-state index contributed by atoms with van der Waals surface area (Å²) in [6, 6.07) is 10.6. The molecule has 1 aromatic heterocycles. The number of para-hydroxylation sites is 1. The van der Waals surface area contributed by atoms with E-state index in [0.717, 1.165) is 16.6 Å². The molecule has 142 valence electrons. The fraction of sp³-hybridized carbons (Fsp3) is 0.0556. The van der Waals surface area contributed by atoms with Crippen molar-refractivity contribution in [3.63, 3.8) is 0 Å².